The summed E-state index contributed by atoms with van der Waals surface area (Å²) in [6.45, 7) is 5.48. The molecule has 5 rings (SSSR count). The van der Waals surface area contributed by atoms with Gasteiger partial charge < -0.3 is 32.1 Å². The van der Waals surface area contributed by atoms with Crippen molar-refractivity contribution in [3.63, 3.8) is 0 Å². The largest absolute Gasteiger partial charge is 1.00 e. The Bertz CT molecular complexity index is 953. The van der Waals surface area contributed by atoms with Crippen molar-refractivity contribution < 1.29 is 32.0 Å². The molecule has 3 heterocycles. The van der Waals surface area contributed by atoms with Crippen LogP contribution in [0.4, 0.5) is 0 Å². The van der Waals surface area contributed by atoms with E-state index in [2.05, 4.69) is 53.5 Å². The minimum atomic E-state index is -0.171. The molecule has 32 heavy (non-hydrogen) atoms. The monoisotopic (exact) mass is 456 g/mol. The predicted octanol–water partition coefficient (Wildman–Crippen LogP) is -0.293. The lowest BCUT2D eigenvalue weighted by molar-refractivity contribution is -0.640. The number of likely N-dealkylation sites (tertiary alicyclic amines) is 1. The number of hydrogen-bond donors (Lipinski definition) is 1. The molecule has 3 aliphatic rings. The number of fused-ring (bicyclic) bond motifs is 2. The SMILES string of the molecule is COc1cccc2c1OCC[C@]21C[NH2+]C[C@H]1C(=O)N1CCC(c2ccccc2)CC1C.[Cl-]. The summed E-state index contributed by atoms with van der Waals surface area (Å²) in [4.78, 5) is 16.1. The zero-order chi connectivity index (χ0) is 21.4. The van der Waals surface area contributed by atoms with E-state index in [1.165, 1.54) is 5.56 Å². The summed E-state index contributed by atoms with van der Waals surface area (Å²) in [5.41, 5.74) is 2.38. The van der Waals surface area contributed by atoms with E-state index in [4.69, 9.17) is 9.47 Å². The predicted molar refractivity (Wildman–Crippen MR) is 120 cm³/mol. The molecule has 0 aliphatic carbocycles. The molecule has 0 aromatic heterocycles. The van der Waals surface area contributed by atoms with Gasteiger partial charge in [0.2, 0.25) is 5.91 Å². The molecule has 1 spiro atoms. The van der Waals surface area contributed by atoms with Gasteiger partial charge in [0.05, 0.1) is 32.2 Å². The Morgan fingerprint density at radius 2 is 2.00 bits per heavy atom. The number of ether oxygens (including phenoxy) is 2. The molecular weight excluding hydrogens is 424 g/mol. The van der Waals surface area contributed by atoms with Crippen LogP contribution >= 0.6 is 0 Å². The van der Waals surface area contributed by atoms with Crippen molar-refractivity contribution in [3.05, 3.63) is 59.7 Å². The molecule has 2 fully saturated rings. The second kappa shape index (κ2) is 9.32. The molecule has 3 aliphatic heterocycles. The summed E-state index contributed by atoms with van der Waals surface area (Å²) in [6, 6.07) is 17.1. The van der Waals surface area contributed by atoms with Crippen molar-refractivity contribution in [1.82, 2.24) is 4.90 Å². The van der Waals surface area contributed by atoms with Crippen LogP contribution in [0.2, 0.25) is 0 Å². The highest BCUT2D eigenvalue weighted by atomic mass is 35.5. The molecule has 0 radical (unpaired) electrons. The number of piperidine rings is 1. The summed E-state index contributed by atoms with van der Waals surface area (Å²) in [5.74, 6) is 2.45. The fourth-order valence-electron chi connectivity index (χ4n) is 6.20. The highest BCUT2D eigenvalue weighted by molar-refractivity contribution is 5.82. The highest BCUT2D eigenvalue weighted by Crippen LogP contribution is 2.48. The number of rotatable bonds is 3. The molecule has 172 valence electrons. The number of hydrogen-bond acceptors (Lipinski definition) is 3. The maximum Gasteiger partial charge on any atom is 0.232 e. The third-order valence-corrected chi connectivity index (χ3v) is 7.84. The maximum absolute atomic E-state index is 13.9. The van der Waals surface area contributed by atoms with Crippen LogP contribution in [-0.2, 0) is 10.2 Å². The summed E-state index contributed by atoms with van der Waals surface area (Å²) in [6.07, 6.45) is 2.96. The quantitative estimate of drug-likeness (QED) is 0.690. The molecule has 2 aromatic rings. The van der Waals surface area contributed by atoms with Crippen molar-refractivity contribution in [2.45, 2.75) is 43.6 Å². The number of nitrogens with two attached hydrogens (primary N) is 1. The van der Waals surface area contributed by atoms with E-state index in [0.717, 1.165) is 56.0 Å². The van der Waals surface area contributed by atoms with Crippen LogP contribution < -0.4 is 27.2 Å². The molecule has 6 heteroatoms. The summed E-state index contributed by atoms with van der Waals surface area (Å²) >= 11 is 0. The Kier molecular flexibility index (Phi) is 6.68. The molecule has 2 N–H and O–H groups in total. The van der Waals surface area contributed by atoms with Crippen molar-refractivity contribution in [2.75, 3.05) is 33.4 Å². The lowest BCUT2D eigenvalue weighted by Gasteiger charge is -2.43. The third-order valence-electron chi connectivity index (χ3n) is 7.84. The second-order valence-corrected chi connectivity index (χ2v) is 9.39. The van der Waals surface area contributed by atoms with E-state index in [0.29, 0.717) is 18.4 Å². The molecule has 0 bridgehead atoms. The van der Waals surface area contributed by atoms with Crippen molar-refractivity contribution >= 4 is 5.91 Å². The van der Waals surface area contributed by atoms with E-state index in [1.807, 2.05) is 12.1 Å². The van der Waals surface area contributed by atoms with Crippen LogP contribution in [0.5, 0.6) is 11.5 Å². The number of halogens is 1. The molecule has 2 saturated heterocycles. The summed E-state index contributed by atoms with van der Waals surface area (Å²) in [5, 5.41) is 2.32. The van der Waals surface area contributed by atoms with Gasteiger partial charge in [-0.1, -0.05) is 42.5 Å². The molecule has 4 atom stereocenters. The molecular formula is C26H33ClN2O3. The minimum Gasteiger partial charge on any atom is -1.00 e. The van der Waals surface area contributed by atoms with Gasteiger partial charge in [-0.2, -0.15) is 0 Å². The number of para-hydroxylation sites is 1. The van der Waals surface area contributed by atoms with E-state index >= 15 is 0 Å². The van der Waals surface area contributed by atoms with Crippen LogP contribution in [-0.4, -0.2) is 50.2 Å². The summed E-state index contributed by atoms with van der Waals surface area (Å²) in [7, 11) is 1.68. The Morgan fingerprint density at radius 1 is 1.19 bits per heavy atom. The molecule has 5 nitrogen and oxygen atoms in total. The first-order valence-corrected chi connectivity index (χ1v) is 11.6. The average molecular weight is 457 g/mol. The fraction of sp³-hybridized carbons (Fsp3) is 0.500. The first-order chi connectivity index (χ1) is 15.1. The van der Waals surface area contributed by atoms with Gasteiger partial charge >= 0.3 is 0 Å². The third kappa shape index (κ3) is 3.75. The van der Waals surface area contributed by atoms with Gasteiger partial charge in [-0.15, -0.1) is 0 Å². The van der Waals surface area contributed by atoms with Gasteiger partial charge in [-0.05, 0) is 43.7 Å². The van der Waals surface area contributed by atoms with Crippen LogP contribution in [0.3, 0.4) is 0 Å². The molecule has 2 unspecified atom stereocenters. The van der Waals surface area contributed by atoms with Crippen molar-refractivity contribution in [2.24, 2.45) is 5.92 Å². The molecule has 2 aromatic carbocycles. The van der Waals surface area contributed by atoms with Gasteiger partial charge in [0.15, 0.2) is 11.5 Å². The van der Waals surface area contributed by atoms with E-state index in [-0.39, 0.29) is 29.8 Å². The average Bonchev–Trinajstić information content (AvgIpc) is 3.23. The zero-order valence-corrected chi connectivity index (χ0v) is 19.7. The summed E-state index contributed by atoms with van der Waals surface area (Å²) < 4.78 is 11.6. The number of carbonyl (C=O) groups is 1. The van der Waals surface area contributed by atoms with Crippen LogP contribution in [0.1, 0.15) is 43.2 Å². The van der Waals surface area contributed by atoms with E-state index in [9.17, 15) is 4.79 Å². The Morgan fingerprint density at radius 3 is 2.75 bits per heavy atom. The fourth-order valence-corrected chi connectivity index (χ4v) is 6.20. The second-order valence-electron chi connectivity index (χ2n) is 9.39. The first-order valence-electron chi connectivity index (χ1n) is 11.6. The standard InChI is InChI=1S/C26H32N2O3.ClH/c1-18-15-20(19-7-4-3-5-8-19)11-13-28(18)25(29)22-16-27-17-26(22)12-14-31-24-21(26)9-6-10-23(24)30-2;/h3-10,18,20,22,27H,11-17H2,1-2H3;1H/t18?,20?,22-,26-;/m0./s1. The number of quaternary nitrogens is 1. The Hall–Kier alpha value is -2.24. The zero-order valence-electron chi connectivity index (χ0n) is 18.9. The van der Waals surface area contributed by atoms with Crippen LogP contribution in [0, 0.1) is 5.92 Å². The highest BCUT2D eigenvalue weighted by Gasteiger charge is 2.55. The van der Waals surface area contributed by atoms with Crippen LogP contribution in [0.25, 0.3) is 0 Å². The van der Waals surface area contributed by atoms with Gasteiger partial charge in [-0.25, -0.2) is 0 Å². The molecule has 0 saturated carbocycles. The van der Waals surface area contributed by atoms with Crippen molar-refractivity contribution in [1.29, 1.82) is 0 Å². The van der Waals surface area contributed by atoms with Gasteiger partial charge in [0.25, 0.3) is 0 Å². The van der Waals surface area contributed by atoms with Gasteiger partial charge in [-0.3, -0.25) is 4.79 Å². The number of methoxy groups -OCH3 is 1. The normalized spacial score (nSPS) is 29.1. The first kappa shape index (κ1) is 22.9. The van der Waals surface area contributed by atoms with E-state index in [1.54, 1.807) is 7.11 Å². The number of benzene rings is 2. The number of amides is 1. The topological polar surface area (TPSA) is 55.4 Å². The maximum atomic E-state index is 13.9. The van der Waals surface area contributed by atoms with Gasteiger partial charge in [0, 0.05) is 18.2 Å². The lowest BCUT2D eigenvalue weighted by atomic mass is 9.68. The molecule has 1 amide bonds. The Labute approximate surface area is 196 Å². The smallest absolute Gasteiger partial charge is 0.232 e. The van der Waals surface area contributed by atoms with Crippen molar-refractivity contribution in [3.8, 4) is 11.5 Å². The lowest BCUT2D eigenvalue weighted by Crippen LogP contribution is -3.00. The van der Waals surface area contributed by atoms with E-state index < -0.39 is 0 Å². The van der Waals surface area contributed by atoms with Gasteiger partial charge in [0.1, 0.15) is 5.92 Å². The number of nitrogens with zero attached hydrogens (tertiary/aromatic N) is 1. The Balaban J connectivity index is 0.00000245. The van der Waals surface area contributed by atoms with Crippen LogP contribution in [0.15, 0.2) is 48.5 Å². The number of carbonyl (C=O) groups excluding carboxylic acids is 1. The minimum absolute atomic E-state index is 0.